The van der Waals surface area contributed by atoms with Crippen molar-refractivity contribution in [2.45, 2.75) is 32.2 Å². The van der Waals surface area contributed by atoms with Gasteiger partial charge in [-0.1, -0.05) is 37.3 Å². The second-order valence-electron chi connectivity index (χ2n) is 6.92. The summed E-state index contributed by atoms with van der Waals surface area (Å²) in [5.74, 6) is 1.01. The van der Waals surface area contributed by atoms with Crippen LogP contribution in [-0.4, -0.2) is 33.9 Å². The van der Waals surface area contributed by atoms with Gasteiger partial charge in [0.25, 0.3) is 0 Å². The van der Waals surface area contributed by atoms with E-state index in [0.29, 0.717) is 23.6 Å². The van der Waals surface area contributed by atoms with Crippen LogP contribution in [0, 0.1) is 0 Å². The van der Waals surface area contributed by atoms with Gasteiger partial charge in [0, 0.05) is 19.0 Å². The Balaban J connectivity index is 1.59. The summed E-state index contributed by atoms with van der Waals surface area (Å²) in [7, 11) is -3.50. The Hall–Kier alpha value is -2.74. The molecule has 1 aliphatic rings. The van der Waals surface area contributed by atoms with E-state index in [0.717, 1.165) is 18.2 Å². The molecule has 0 unspecified atom stereocenters. The normalized spacial score (nSPS) is 13.7. The van der Waals surface area contributed by atoms with Crippen LogP contribution in [0.15, 0.2) is 48.5 Å². The van der Waals surface area contributed by atoms with Crippen LogP contribution in [0.3, 0.4) is 0 Å². The van der Waals surface area contributed by atoms with Crippen molar-refractivity contribution < 1.29 is 22.7 Å². The molecule has 1 heterocycles. The zero-order valence-corrected chi connectivity index (χ0v) is 17.4. The number of amides is 1. The third kappa shape index (κ3) is 5.41. The van der Waals surface area contributed by atoms with Crippen LogP contribution in [0.4, 0.5) is 5.69 Å². The lowest BCUT2D eigenvalue weighted by Crippen LogP contribution is -2.33. The van der Waals surface area contributed by atoms with Crippen molar-refractivity contribution in [1.82, 2.24) is 5.32 Å². The van der Waals surface area contributed by atoms with Gasteiger partial charge in [-0.25, -0.2) is 8.42 Å². The number of hydrogen-bond acceptors (Lipinski definition) is 5. The molecule has 1 aliphatic heterocycles. The van der Waals surface area contributed by atoms with Gasteiger partial charge in [-0.3, -0.25) is 9.10 Å². The Morgan fingerprint density at radius 1 is 1.14 bits per heavy atom. The molecule has 0 aliphatic carbocycles. The fraction of sp³-hybridized carbons (Fsp3) is 0.381. The first-order valence-electron chi connectivity index (χ1n) is 9.60. The Bertz CT molecular complexity index is 947. The summed E-state index contributed by atoms with van der Waals surface area (Å²) >= 11 is 0. The summed E-state index contributed by atoms with van der Waals surface area (Å²) in [6.07, 6.45) is 2.57. The molecular weight excluding hydrogens is 392 g/mol. The average Bonchev–Trinajstić information content (AvgIpc) is 3.17. The molecule has 0 fully saturated rings. The van der Waals surface area contributed by atoms with Crippen LogP contribution < -0.4 is 19.1 Å². The zero-order valence-electron chi connectivity index (χ0n) is 16.6. The number of rotatable bonds is 9. The highest BCUT2D eigenvalue weighted by Gasteiger charge is 2.22. The molecule has 0 aromatic heterocycles. The van der Waals surface area contributed by atoms with Crippen molar-refractivity contribution in [1.29, 1.82) is 0 Å². The highest BCUT2D eigenvalue weighted by atomic mass is 32.2. The summed E-state index contributed by atoms with van der Waals surface area (Å²) in [6.45, 7) is 2.34. The topological polar surface area (TPSA) is 84.9 Å². The third-order valence-corrected chi connectivity index (χ3v) is 5.95. The Morgan fingerprint density at radius 2 is 1.86 bits per heavy atom. The number of carbonyl (C=O) groups is 1. The monoisotopic (exact) mass is 418 g/mol. The zero-order chi connectivity index (χ0) is 20.9. The van der Waals surface area contributed by atoms with Crippen LogP contribution in [-0.2, 0) is 14.8 Å². The largest absolute Gasteiger partial charge is 0.454 e. The summed E-state index contributed by atoms with van der Waals surface area (Å²) in [6, 6.07) is 14.8. The van der Waals surface area contributed by atoms with Crippen molar-refractivity contribution in [3.8, 4) is 11.5 Å². The molecule has 3 rings (SSSR count). The molecule has 29 heavy (non-hydrogen) atoms. The smallest absolute Gasteiger partial charge is 0.232 e. The highest BCUT2D eigenvalue weighted by Crippen LogP contribution is 2.36. The number of carbonyl (C=O) groups excluding carboxylic acids is 1. The molecule has 2 aromatic carbocycles. The maximum atomic E-state index is 12.4. The fourth-order valence-electron chi connectivity index (χ4n) is 3.28. The maximum absolute atomic E-state index is 12.4. The van der Waals surface area contributed by atoms with Crippen molar-refractivity contribution in [2.24, 2.45) is 0 Å². The number of nitrogens with zero attached hydrogens (tertiary/aromatic N) is 1. The fourth-order valence-corrected chi connectivity index (χ4v) is 4.24. The predicted molar refractivity (Wildman–Crippen MR) is 112 cm³/mol. The van der Waals surface area contributed by atoms with E-state index in [-0.39, 0.29) is 31.7 Å². The molecule has 1 atom stereocenters. The maximum Gasteiger partial charge on any atom is 0.232 e. The lowest BCUT2D eigenvalue weighted by molar-refractivity contribution is -0.121. The number of ether oxygens (including phenoxy) is 2. The number of sulfonamides is 1. The van der Waals surface area contributed by atoms with E-state index in [4.69, 9.17) is 9.47 Å². The van der Waals surface area contributed by atoms with E-state index in [9.17, 15) is 13.2 Å². The second kappa shape index (κ2) is 9.17. The number of benzene rings is 2. The first-order valence-corrected chi connectivity index (χ1v) is 11.4. The van der Waals surface area contributed by atoms with Crippen molar-refractivity contribution in [3.63, 3.8) is 0 Å². The van der Waals surface area contributed by atoms with Gasteiger partial charge in [-0.05, 0) is 30.5 Å². The standard InChI is InChI=1S/C21H26N2O5S/c1-3-18(16-8-5-4-6-9-16)22-21(24)10-7-13-23(29(2,25)26)17-11-12-19-20(14-17)28-15-27-19/h4-6,8-9,11-12,14,18H,3,7,10,13,15H2,1-2H3,(H,22,24)/t18-/m1/s1. The third-order valence-electron chi connectivity index (χ3n) is 4.75. The molecule has 1 N–H and O–H groups in total. The van der Waals surface area contributed by atoms with Gasteiger partial charge < -0.3 is 14.8 Å². The molecule has 0 radical (unpaired) electrons. The number of anilines is 1. The quantitative estimate of drug-likeness (QED) is 0.676. The van der Waals surface area contributed by atoms with E-state index in [1.807, 2.05) is 37.3 Å². The molecule has 7 nitrogen and oxygen atoms in total. The van der Waals surface area contributed by atoms with Gasteiger partial charge in [-0.2, -0.15) is 0 Å². The molecule has 8 heteroatoms. The Kier molecular flexibility index (Phi) is 6.64. The molecule has 1 amide bonds. The number of hydrogen-bond donors (Lipinski definition) is 1. The summed E-state index contributed by atoms with van der Waals surface area (Å²) in [5.41, 5.74) is 1.55. The molecular formula is C21H26N2O5S. The SMILES string of the molecule is CC[C@@H](NC(=O)CCCN(c1ccc2c(c1)OCO2)S(C)(=O)=O)c1ccccc1. The molecule has 156 valence electrons. The molecule has 0 saturated carbocycles. The molecule has 0 bridgehead atoms. The number of nitrogens with one attached hydrogen (secondary N) is 1. The molecule has 2 aromatic rings. The minimum atomic E-state index is -3.50. The lowest BCUT2D eigenvalue weighted by atomic mass is 10.0. The predicted octanol–water partition coefficient (Wildman–Crippen LogP) is 3.23. The molecule has 0 saturated heterocycles. The Labute approximate surface area is 171 Å². The van der Waals surface area contributed by atoms with Gasteiger partial charge >= 0.3 is 0 Å². The highest BCUT2D eigenvalue weighted by molar-refractivity contribution is 7.92. The van der Waals surface area contributed by atoms with Gasteiger partial charge in [0.05, 0.1) is 18.0 Å². The van der Waals surface area contributed by atoms with E-state index in [1.165, 1.54) is 4.31 Å². The average molecular weight is 419 g/mol. The molecule has 0 spiro atoms. The van der Waals surface area contributed by atoms with Crippen LogP contribution in [0.2, 0.25) is 0 Å². The first-order chi connectivity index (χ1) is 13.9. The van der Waals surface area contributed by atoms with Gasteiger partial charge in [0.15, 0.2) is 11.5 Å². The van der Waals surface area contributed by atoms with Gasteiger partial charge in [0.1, 0.15) is 0 Å². The second-order valence-corrected chi connectivity index (χ2v) is 8.82. The van der Waals surface area contributed by atoms with Gasteiger partial charge in [0.2, 0.25) is 22.7 Å². The van der Waals surface area contributed by atoms with Crippen molar-refractivity contribution in [3.05, 3.63) is 54.1 Å². The minimum absolute atomic E-state index is 0.0522. The van der Waals surface area contributed by atoms with Crippen LogP contribution in [0.1, 0.15) is 37.8 Å². The van der Waals surface area contributed by atoms with Crippen LogP contribution in [0.5, 0.6) is 11.5 Å². The van der Waals surface area contributed by atoms with Crippen molar-refractivity contribution in [2.75, 3.05) is 23.9 Å². The summed E-state index contributed by atoms with van der Waals surface area (Å²) < 4.78 is 36.4. The van der Waals surface area contributed by atoms with Gasteiger partial charge in [-0.15, -0.1) is 0 Å². The van der Waals surface area contributed by atoms with E-state index < -0.39 is 10.0 Å². The Morgan fingerprint density at radius 3 is 2.55 bits per heavy atom. The summed E-state index contributed by atoms with van der Waals surface area (Å²) in [4.78, 5) is 12.4. The lowest BCUT2D eigenvalue weighted by Gasteiger charge is -2.23. The number of fused-ring (bicyclic) bond motifs is 1. The van der Waals surface area contributed by atoms with E-state index in [2.05, 4.69) is 5.32 Å². The summed E-state index contributed by atoms with van der Waals surface area (Å²) in [5, 5.41) is 3.03. The first kappa shape index (κ1) is 21.0. The van der Waals surface area contributed by atoms with Crippen LogP contribution in [0.25, 0.3) is 0 Å². The van der Waals surface area contributed by atoms with Crippen molar-refractivity contribution >= 4 is 21.6 Å². The minimum Gasteiger partial charge on any atom is -0.454 e. The van der Waals surface area contributed by atoms with E-state index >= 15 is 0 Å². The van der Waals surface area contributed by atoms with E-state index in [1.54, 1.807) is 18.2 Å². The van der Waals surface area contributed by atoms with Crippen LogP contribution >= 0.6 is 0 Å².